The van der Waals surface area contributed by atoms with Crippen LogP contribution in [0, 0.1) is 17.2 Å². The molecular formula is C20H24N4O4. The Morgan fingerprint density at radius 1 is 1.32 bits per heavy atom. The van der Waals surface area contributed by atoms with Crippen LogP contribution in [0.2, 0.25) is 0 Å². The molecule has 148 valence electrons. The first-order chi connectivity index (χ1) is 13.6. The number of benzene rings is 1. The standard InChI is InChI=1S/C20H24N4O4/c21-12-15(11-14-8-9-22-19(14)26)23-20(27)17-7-4-10-24(17)18(25)13-28-16-5-2-1-3-6-16/h1-3,5-6,14-15,17H,4,7-11,13H2,(H,22,26)(H,23,27)/t14-,15-,17-/m0/s1. The lowest BCUT2D eigenvalue weighted by Crippen LogP contribution is -2.50. The highest BCUT2D eigenvalue weighted by molar-refractivity contribution is 5.89. The van der Waals surface area contributed by atoms with Crippen molar-refractivity contribution in [2.45, 2.75) is 37.8 Å². The molecule has 3 atom stereocenters. The summed E-state index contributed by atoms with van der Waals surface area (Å²) in [6.07, 6.45) is 2.21. The number of amides is 3. The Bertz CT molecular complexity index is 761. The quantitative estimate of drug-likeness (QED) is 0.715. The van der Waals surface area contributed by atoms with Gasteiger partial charge in [0.1, 0.15) is 17.8 Å². The van der Waals surface area contributed by atoms with Gasteiger partial charge in [0.15, 0.2) is 6.61 Å². The highest BCUT2D eigenvalue weighted by Gasteiger charge is 2.36. The van der Waals surface area contributed by atoms with Crippen LogP contribution in [0.3, 0.4) is 0 Å². The number of hydrogen-bond donors (Lipinski definition) is 2. The normalized spacial score (nSPS) is 22.2. The van der Waals surface area contributed by atoms with Crippen molar-refractivity contribution in [1.29, 1.82) is 5.26 Å². The number of hydrogen-bond acceptors (Lipinski definition) is 5. The summed E-state index contributed by atoms with van der Waals surface area (Å²) >= 11 is 0. The van der Waals surface area contributed by atoms with Crippen molar-refractivity contribution in [1.82, 2.24) is 15.5 Å². The number of nitrogens with one attached hydrogen (secondary N) is 2. The van der Waals surface area contributed by atoms with Gasteiger partial charge in [0.25, 0.3) is 5.91 Å². The Hall–Kier alpha value is -3.08. The largest absolute Gasteiger partial charge is 0.484 e. The molecule has 2 fully saturated rings. The molecule has 2 heterocycles. The monoisotopic (exact) mass is 384 g/mol. The van der Waals surface area contributed by atoms with Crippen molar-refractivity contribution in [3.63, 3.8) is 0 Å². The van der Waals surface area contributed by atoms with E-state index in [1.165, 1.54) is 4.90 Å². The number of carbonyl (C=O) groups excluding carboxylic acids is 3. The van der Waals surface area contributed by atoms with Crippen LogP contribution >= 0.6 is 0 Å². The molecule has 3 rings (SSSR count). The van der Waals surface area contributed by atoms with Gasteiger partial charge in [-0.25, -0.2) is 0 Å². The van der Waals surface area contributed by atoms with E-state index in [1.807, 2.05) is 18.2 Å². The van der Waals surface area contributed by atoms with Gasteiger partial charge in [-0.1, -0.05) is 18.2 Å². The van der Waals surface area contributed by atoms with Gasteiger partial charge in [-0.2, -0.15) is 5.26 Å². The van der Waals surface area contributed by atoms with E-state index in [4.69, 9.17) is 4.74 Å². The van der Waals surface area contributed by atoms with E-state index in [2.05, 4.69) is 16.7 Å². The van der Waals surface area contributed by atoms with Gasteiger partial charge in [0.05, 0.1) is 6.07 Å². The van der Waals surface area contributed by atoms with E-state index in [-0.39, 0.29) is 36.7 Å². The third-order valence-corrected chi connectivity index (χ3v) is 5.14. The smallest absolute Gasteiger partial charge is 0.261 e. The number of nitrogens with zero attached hydrogens (tertiary/aromatic N) is 2. The fourth-order valence-corrected chi connectivity index (χ4v) is 3.65. The molecule has 0 unspecified atom stereocenters. The Balaban J connectivity index is 1.53. The van der Waals surface area contributed by atoms with Gasteiger partial charge in [-0.3, -0.25) is 14.4 Å². The summed E-state index contributed by atoms with van der Waals surface area (Å²) in [5.74, 6) is -0.355. The van der Waals surface area contributed by atoms with Gasteiger partial charge < -0.3 is 20.3 Å². The molecule has 1 aromatic carbocycles. The first-order valence-corrected chi connectivity index (χ1v) is 9.53. The van der Waals surface area contributed by atoms with Crippen LogP contribution in [-0.4, -0.2) is 54.4 Å². The van der Waals surface area contributed by atoms with E-state index < -0.39 is 12.1 Å². The predicted molar refractivity (Wildman–Crippen MR) is 99.9 cm³/mol. The second kappa shape index (κ2) is 9.22. The molecule has 8 heteroatoms. The summed E-state index contributed by atoms with van der Waals surface area (Å²) in [7, 11) is 0. The zero-order valence-corrected chi connectivity index (χ0v) is 15.6. The Labute approximate surface area is 163 Å². The molecule has 2 aliphatic rings. The van der Waals surface area contributed by atoms with Gasteiger partial charge >= 0.3 is 0 Å². The molecule has 0 aliphatic carbocycles. The van der Waals surface area contributed by atoms with E-state index >= 15 is 0 Å². The molecule has 2 aliphatic heterocycles. The number of ether oxygens (including phenoxy) is 1. The fourth-order valence-electron chi connectivity index (χ4n) is 3.65. The third kappa shape index (κ3) is 4.80. The zero-order chi connectivity index (χ0) is 19.9. The van der Waals surface area contributed by atoms with Crippen LogP contribution in [0.4, 0.5) is 0 Å². The number of rotatable bonds is 7. The van der Waals surface area contributed by atoms with Gasteiger partial charge in [0.2, 0.25) is 11.8 Å². The Morgan fingerprint density at radius 3 is 2.79 bits per heavy atom. The van der Waals surface area contributed by atoms with Crippen molar-refractivity contribution < 1.29 is 19.1 Å². The van der Waals surface area contributed by atoms with E-state index in [1.54, 1.807) is 12.1 Å². The summed E-state index contributed by atoms with van der Waals surface area (Å²) in [4.78, 5) is 38.4. The predicted octanol–water partition coefficient (Wildman–Crippen LogP) is 0.591. The molecule has 0 radical (unpaired) electrons. The maximum atomic E-state index is 12.7. The first-order valence-electron chi connectivity index (χ1n) is 9.53. The lowest BCUT2D eigenvalue weighted by atomic mass is 9.99. The number of para-hydroxylation sites is 1. The van der Waals surface area contributed by atoms with Crippen LogP contribution in [0.5, 0.6) is 5.75 Å². The minimum absolute atomic E-state index is 0.0785. The minimum Gasteiger partial charge on any atom is -0.484 e. The van der Waals surface area contributed by atoms with Crippen molar-refractivity contribution in [2.24, 2.45) is 5.92 Å². The highest BCUT2D eigenvalue weighted by atomic mass is 16.5. The molecule has 3 amide bonds. The van der Waals surface area contributed by atoms with Gasteiger partial charge in [-0.15, -0.1) is 0 Å². The van der Waals surface area contributed by atoms with Crippen molar-refractivity contribution in [2.75, 3.05) is 19.7 Å². The first kappa shape index (κ1) is 19.7. The molecule has 2 N–H and O–H groups in total. The van der Waals surface area contributed by atoms with Gasteiger partial charge in [-0.05, 0) is 37.8 Å². The molecule has 28 heavy (non-hydrogen) atoms. The van der Waals surface area contributed by atoms with E-state index in [0.717, 1.165) is 6.42 Å². The van der Waals surface area contributed by atoms with Crippen LogP contribution in [0.15, 0.2) is 30.3 Å². The van der Waals surface area contributed by atoms with E-state index in [9.17, 15) is 19.6 Å². The maximum absolute atomic E-state index is 12.7. The second-order valence-electron chi connectivity index (χ2n) is 7.05. The van der Waals surface area contributed by atoms with Crippen LogP contribution in [0.25, 0.3) is 0 Å². The Morgan fingerprint density at radius 2 is 2.11 bits per heavy atom. The summed E-state index contributed by atoms with van der Waals surface area (Å²) in [5.41, 5.74) is 0. The highest BCUT2D eigenvalue weighted by Crippen LogP contribution is 2.20. The molecule has 0 spiro atoms. The SMILES string of the molecule is N#C[C@H](C[C@@H]1CCNC1=O)NC(=O)[C@@H]1CCCN1C(=O)COc1ccccc1. The lowest BCUT2D eigenvalue weighted by molar-refractivity contribution is -0.140. The van der Waals surface area contributed by atoms with Crippen molar-refractivity contribution >= 4 is 17.7 Å². The molecule has 0 bridgehead atoms. The summed E-state index contributed by atoms with van der Waals surface area (Å²) in [6.45, 7) is 0.941. The topological polar surface area (TPSA) is 112 Å². The van der Waals surface area contributed by atoms with Crippen molar-refractivity contribution in [3.05, 3.63) is 30.3 Å². The molecule has 0 aromatic heterocycles. The van der Waals surface area contributed by atoms with Crippen LogP contribution < -0.4 is 15.4 Å². The van der Waals surface area contributed by atoms with Crippen LogP contribution in [-0.2, 0) is 14.4 Å². The second-order valence-corrected chi connectivity index (χ2v) is 7.05. The van der Waals surface area contributed by atoms with Crippen molar-refractivity contribution in [3.8, 4) is 11.8 Å². The van der Waals surface area contributed by atoms with E-state index in [0.29, 0.717) is 31.7 Å². The molecule has 1 aromatic rings. The fraction of sp³-hybridized carbons (Fsp3) is 0.500. The molecular weight excluding hydrogens is 360 g/mol. The summed E-state index contributed by atoms with van der Waals surface area (Å²) in [6, 6.07) is 9.71. The van der Waals surface area contributed by atoms with Crippen LogP contribution in [0.1, 0.15) is 25.7 Å². The summed E-state index contributed by atoms with van der Waals surface area (Å²) < 4.78 is 5.49. The third-order valence-electron chi connectivity index (χ3n) is 5.14. The summed E-state index contributed by atoms with van der Waals surface area (Å²) in [5, 5.41) is 14.8. The minimum atomic E-state index is -0.750. The molecule has 0 saturated carbocycles. The average molecular weight is 384 g/mol. The average Bonchev–Trinajstić information content (AvgIpc) is 3.36. The molecule has 2 saturated heterocycles. The van der Waals surface area contributed by atoms with Gasteiger partial charge in [0, 0.05) is 19.0 Å². The number of carbonyl (C=O) groups is 3. The molecule has 8 nitrogen and oxygen atoms in total. The Kier molecular flexibility index (Phi) is 6.48. The zero-order valence-electron chi connectivity index (χ0n) is 15.6. The number of likely N-dealkylation sites (tertiary alicyclic amines) is 1. The number of nitriles is 1. The maximum Gasteiger partial charge on any atom is 0.261 e. The lowest BCUT2D eigenvalue weighted by Gasteiger charge is -2.25.